The third-order valence-electron chi connectivity index (χ3n) is 1.62. The van der Waals surface area contributed by atoms with Crippen LogP contribution in [-0.4, -0.2) is 0 Å². The van der Waals surface area contributed by atoms with Gasteiger partial charge in [-0.25, -0.2) is 8.78 Å². The molecule has 0 aliphatic heterocycles. The van der Waals surface area contributed by atoms with Crippen LogP contribution in [0.5, 0.6) is 0 Å². The quantitative estimate of drug-likeness (QED) is 0.599. The van der Waals surface area contributed by atoms with Gasteiger partial charge in [-0.15, -0.1) is 0 Å². The fraction of sp³-hybridized carbons (Fsp3) is 0.125. The summed E-state index contributed by atoms with van der Waals surface area (Å²) in [6.45, 7) is 1.33. The highest BCUT2D eigenvalue weighted by Crippen LogP contribution is 2.21. The summed E-state index contributed by atoms with van der Waals surface area (Å²) < 4.78 is 25.7. The van der Waals surface area contributed by atoms with Gasteiger partial charge in [0.2, 0.25) is 0 Å². The summed E-state index contributed by atoms with van der Waals surface area (Å²) in [5.74, 6) is -1.51. The maximum Gasteiger partial charge on any atom is 0.147 e. The van der Waals surface area contributed by atoms with Gasteiger partial charge in [0.1, 0.15) is 17.7 Å². The van der Waals surface area contributed by atoms with E-state index in [-0.39, 0.29) is 16.8 Å². The molecule has 2 nitrogen and oxygen atoms in total. The second-order valence-electron chi connectivity index (χ2n) is 2.37. The maximum atomic E-state index is 13.0. The molecule has 62 valence electrons. The van der Waals surface area contributed by atoms with Gasteiger partial charge in [0.05, 0.1) is 11.3 Å². The van der Waals surface area contributed by atoms with Gasteiger partial charge in [-0.3, -0.25) is 0 Å². The van der Waals surface area contributed by atoms with Gasteiger partial charge in [0, 0.05) is 5.56 Å². The molecule has 4 heteroatoms. The predicted octanol–water partition coefficient (Wildman–Crippen LogP) is 1.73. The first-order valence-electron chi connectivity index (χ1n) is 3.22. The molecule has 0 bridgehead atoms. The Balaban J connectivity index is 3.52. The number of halogens is 2. The van der Waals surface area contributed by atoms with Crippen LogP contribution < -0.4 is 5.73 Å². The lowest BCUT2D eigenvalue weighted by molar-refractivity contribution is 0.593. The van der Waals surface area contributed by atoms with Gasteiger partial charge >= 0.3 is 0 Å². The van der Waals surface area contributed by atoms with Crippen molar-refractivity contribution in [1.82, 2.24) is 0 Å². The van der Waals surface area contributed by atoms with Gasteiger partial charge in [-0.2, -0.15) is 5.26 Å². The van der Waals surface area contributed by atoms with Gasteiger partial charge in [0.25, 0.3) is 0 Å². The molecule has 0 unspecified atom stereocenters. The molecular weight excluding hydrogens is 162 g/mol. The molecule has 0 fully saturated rings. The summed E-state index contributed by atoms with van der Waals surface area (Å²) in [6.07, 6.45) is 0. The number of nitrogens with two attached hydrogens (primary N) is 1. The van der Waals surface area contributed by atoms with Crippen molar-refractivity contribution in [2.45, 2.75) is 6.92 Å². The molecular formula is C8H6F2N2. The SMILES string of the molecule is Cc1c(N)c(F)cc(C#N)c1F. The van der Waals surface area contributed by atoms with Crippen molar-refractivity contribution in [3.8, 4) is 6.07 Å². The minimum Gasteiger partial charge on any atom is -0.396 e. The van der Waals surface area contributed by atoms with Crippen LogP contribution in [0.25, 0.3) is 0 Å². The van der Waals surface area contributed by atoms with Crippen LogP contribution in [0.3, 0.4) is 0 Å². The second-order valence-corrected chi connectivity index (χ2v) is 2.37. The lowest BCUT2D eigenvalue weighted by Crippen LogP contribution is -1.99. The maximum absolute atomic E-state index is 13.0. The molecule has 1 aromatic carbocycles. The summed E-state index contributed by atoms with van der Waals surface area (Å²) >= 11 is 0. The molecule has 0 aliphatic rings. The number of nitrogen functional groups attached to an aromatic ring is 1. The number of benzene rings is 1. The average molecular weight is 168 g/mol. The van der Waals surface area contributed by atoms with Crippen molar-refractivity contribution >= 4 is 5.69 Å². The van der Waals surface area contributed by atoms with Gasteiger partial charge < -0.3 is 5.73 Å². The molecule has 0 atom stereocenters. The predicted molar refractivity (Wildman–Crippen MR) is 40.2 cm³/mol. The summed E-state index contributed by atoms with van der Waals surface area (Å²) in [4.78, 5) is 0. The van der Waals surface area contributed by atoms with Crippen LogP contribution in [0.4, 0.5) is 14.5 Å². The average Bonchev–Trinajstić information content (AvgIpc) is 2.08. The number of hydrogen-bond donors (Lipinski definition) is 1. The summed E-state index contributed by atoms with van der Waals surface area (Å²) in [6, 6.07) is 2.32. The summed E-state index contributed by atoms with van der Waals surface area (Å²) in [7, 11) is 0. The van der Waals surface area contributed by atoms with Crippen molar-refractivity contribution in [3.63, 3.8) is 0 Å². The molecule has 0 radical (unpaired) electrons. The molecule has 0 amide bonds. The fourth-order valence-electron chi connectivity index (χ4n) is 0.849. The highest BCUT2D eigenvalue weighted by Gasteiger charge is 2.12. The Morgan fingerprint density at radius 1 is 1.50 bits per heavy atom. The number of anilines is 1. The van der Waals surface area contributed by atoms with Crippen molar-refractivity contribution in [3.05, 3.63) is 28.8 Å². The van der Waals surface area contributed by atoms with E-state index in [4.69, 9.17) is 11.0 Å². The zero-order valence-electron chi connectivity index (χ0n) is 6.36. The normalized spacial score (nSPS) is 9.50. The Morgan fingerprint density at radius 3 is 2.58 bits per heavy atom. The number of nitrogens with zero attached hydrogens (tertiary/aromatic N) is 1. The molecule has 0 saturated heterocycles. The van der Waals surface area contributed by atoms with E-state index in [1.54, 1.807) is 0 Å². The molecule has 1 rings (SSSR count). The van der Waals surface area contributed by atoms with Crippen LogP contribution in [0.1, 0.15) is 11.1 Å². The molecule has 0 spiro atoms. The van der Waals surface area contributed by atoms with E-state index in [2.05, 4.69) is 0 Å². The van der Waals surface area contributed by atoms with E-state index < -0.39 is 11.6 Å². The zero-order valence-corrected chi connectivity index (χ0v) is 6.36. The van der Waals surface area contributed by atoms with Crippen LogP contribution in [0, 0.1) is 29.9 Å². The minimum atomic E-state index is -0.759. The van der Waals surface area contributed by atoms with E-state index in [0.29, 0.717) is 0 Å². The van der Waals surface area contributed by atoms with Crippen LogP contribution in [0.15, 0.2) is 6.07 Å². The Hall–Kier alpha value is -1.63. The number of rotatable bonds is 0. The van der Waals surface area contributed by atoms with Crippen LogP contribution >= 0.6 is 0 Å². The lowest BCUT2D eigenvalue weighted by Gasteiger charge is -2.03. The van der Waals surface area contributed by atoms with Crippen LogP contribution in [-0.2, 0) is 0 Å². The first-order valence-corrected chi connectivity index (χ1v) is 3.22. The topological polar surface area (TPSA) is 49.8 Å². The monoisotopic (exact) mass is 168 g/mol. The summed E-state index contributed by atoms with van der Waals surface area (Å²) in [5.41, 5.74) is 4.60. The molecule has 1 aromatic rings. The van der Waals surface area contributed by atoms with Crippen molar-refractivity contribution < 1.29 is 8.78 Å². The molecule has 12 heavy (non-hydrogen) atoms. The highest BCUT2D eigenvalue weighted by molar-refractivity contribution is 5.52. The molecule has 0 aromatic heterocycles. The minimum absolute atomic E-state index is 0.0217. The van der Waals surface area contributed by atoms with Crippen LogP contribution in [0.2, 0.25) is 0 Å². The van der Waals surface area contributed by atoms with Gasteiger partial charge in [-0.1, -0.05) is 0 Å². The van der Waals surface area contributed by atoms with Crippen molar-refractivity contribution in [2.75, 3.05) is 5.73 Å². The second kappa shape index (κ2) is 2.78. The first-order chi connectivity index (χ1) is 5.57. The Labute approximate surface area is 68.2 Å². The van der Waals surface area contributed by atoms with E-state index in [9.17, 15) is 8.78 Å². The van der Waals surface area contributed by atoms with E-state index in [1.807, 2.05) is 0 Å². The van der Waals surface area contributed by atoms with Crippen molar-refractivity contribution in [2.24, 2.45) is 0 Å². The Kier molecular flexibility index (Phi) is 1.96. The third-order valence-corrected chi connectivity index (χ3v) is 1.62. The highest BCUT2D eigenvalue weighted by atomic mass is 19.1. The lowest BCUT2D eigenvalue weighted by atomic mass is 10.1. The molecule has 0 saturated carbocycles. The third kappa shape index (κ3) is 1.10. The fourth-order valence-corrected chi connectivity index (χ4v) is 0.849. The van der Waals surface area contributed by atoms with E-state index >= 15 is 0 Å². The zero-order chi connectivity index (χ0) is 9.30. The van der Waals surface area contributed by atoms with E-state index in [0.717, 1.165) is 6.07 Å². The van der Waals surface area contributed by atoms with Crippen molar-refractivity contribution in [1.29, 1.82) is 5.26 Å². The standard InChI is InChI=1S/C8H6F2N2/c1-4-7(10)5(3-11)2-6(9)8(4)12/h2H,12H2,1H3. The molecule has 2 N–H and O–H groups in total. The summed E-state index contributed by atoms with van der Waals surface area (Å²) in [5, 5.41) is 8.36. The number of hydrogen-bond acceptors (Lipinski definition) is 2. The Morgan fingerprint density at radius 2 is 2.08 bits per heavy atom. The number of nitriles is 1. The Bertz CT molecular complexity index is 366. The molecule has 0 heterocycles. The molecule has 0 aliphatic carbocycles. The van der Waals surface area contributed by atoms with E-state index in [1.165, 1.54) is 13.0 Å². The first kappa shape index (κ1) is 8.47. The smallest absolute Gasteiger partial charge is 0.147 e. The van der Waals surface area contributed by atoms with Gasteiger partial charge in [-0.05, 0) is 13.0 Å². The van der Waals surface area contributed by atoms with Gasteiger partial charge in [0.15, 0.2) is 0 Å². The largest absolute Gasteiger partial charge is 0.396 e.